The first-order chi connectivity index (χ1) is 4.50. The molecule has 1 radical (unpaired) electrons. The van der Waals surface area contributed by atoms with Gasteiger partial charge in [-0.25, -0.2) is 0 Å². The molecule has 1 heterocycles. The molecule has 1 saturated heterocycles. The van der Waals surface area contributed by atoms with Crippen LogP contribution in [0.1, 0.15) is 0 Å². The minimum Gasteiger partial charge on any atom is -0.0698 e. The van der Waals surface area contributed by atoms with Crippen LogP contribution in [0, 0.1) is 0 Å². The SMILES string of the molecule is C1SSSSSSSS1.[Co]. The Labute approximate surface area is 101 Å². The minimum atomic E-state index is 0. The smallest absolute Gasteiger partial charge is 0.0616 e. The minimum absolute atomic E-state index is 0. The van der Waals surface area contributed by atoms with E-state index in [1.54, 1.807) is 0 Å². The van der Waals surface area contributed by atoms with E-state index in [-0.39, 0.29) is 16.8 Å². The molecule has 1 aliphatic heterocycles. The first-order valence-electron chi connectivity index (χ1n) is 1.74. The quantitative estimate of drug-likeness (QED) is 0.547. The standard InChI is InChI=1S/CH2S8.Co/c1-2-4-6-8-9-7-5-3-1;/h1H2;. The molecule has 9 heteroatoms. The average molecular weight is 329 g/mol. The van der Waals surface area contributed by atoms with Gasteiger partial charge in [0.2, 0.25) is 0 Å². The molecule has 0 amide bonds. The molecule has 0 aromatic heterocycles. The summed E-state index contributed by atoms with van der Waals surface area (Å²) >= 11 is 0. The van der Waals surface area contributed by atoms with Gasteiger partial charge in [0, 0.05) is 16.8 Å². The van der Waals surface area contributed by atoms with Crippen LogP contribution in [-0.2, 0) is 16.8 Å². The Balaban J connectivity index is 0.000000810. The van der Waals surface area contributed by atoms with Crippen LogP contribution in [-0.4, -0.2) is 5.08 Å². The molecule has 0 spiro atoms. The number of hydrogen-bond donors (Lipinski definition) is 0. The first-order valence-corrected chi connectivity index (χ1v) is 12.2. The molecule has 0 nitrogen and oxygen atoms in total. The van der Waals surface area contributed by atoms with Crippen LogP contribution >= 0.6 is 80.5 Å². The summed E-state index contributed by atoms with van der Waals surface area (Å²) in [6.07, 6.45) is 0. The Morgan fingerprint density at radius 2 is 1.00 bits per heavy atom. The van der Waals surface area contributed by atoms with E-state index in [1.165, 1.54) is 5.08 Å². The second-order valence-corrected chi connectivity index (χ2v) is 14.2. The fraction of sp³-hybridized carbons (Fsp3) is 1.00. The molecule has 10 heavy (non-hydrogen) atoms. The van der Waals surface area contributed by atoms with Gasteiger partial charge in [0.25, 0.3) is 0 Å². The van der Waals surface area contributed by atoms with E-state index in [0.29, 0.717) is 0 Å². The summed E-state index contributed by atoms with van der Waals surface area (Å²) in [7, 11) is 15.0. The molecule has 1 rings (SSSR count). The molecule has 0 aromatic carbocycles. The summed E-state index contributed by atoms with van der Waals surface area (Å²) in [6.45, 7) is 0. The van der Waals surface area contributed by atoms with Gasteiger partial charge >= 0.3 is 0 Å². The Morgan fingerprint density at radius 1 is 0.600 bits per heavy atom. The van der Waals surface area contributed by atoms with E-state index in [9.17, 15) is 0 Å². The Bertz CT molecular complexity index is 37.7. The van der Waals surface area contributed by atoms with E-state index in [1.807, 2.05) is 80.5 Å². The largest absolute Gasteiger partial charge is 0.0698 e. The summed E-state index contributed by atoms with van der Waals surface area (Å²) in [4.78, 5) is 0. The van der Waals surface area contributed by atoms with Crippen LogP contribution in [0.4, 0.5) is 0 Å². The Morgan fingerprint density at radius 3 is 1.50 bits per heavy atom. The van der Waals surface area contributed by atoms with Crippen molar-refractivity contribution in [1.82, 2.24) is 0 Å². The molecule has 63 valence electrons. The van der Waals surface area contributed by atoms with Crippen LogP contribution in [0.2, 0.25) is 0 Å². The van der Waals surface area contributed by atoms with Gasteiger partial charge in [0.15, 0.2) is 0 Å². The van der Waals surface area contributed by atoms with Crippen molar-refractivity contribution >= 4 is 80.5 Å². The van der Waals surface area contributed by atoms with Crippen LogP contribution in [0.5, 0.6) is 0 Å². The maximum Gasteiger partial charge on any atom is 0.0616 e. The molecule has 0 unspecified atom stereocenters. The summed E-state index contributed by atoms with van der Waals surface area (Å²) in [5.74, 6) is 0. The third-order valence-electron chi connectivity index (χ3n) is 0.331. The van der Waals surface area contributed by atoms with Gasteiger partial charge in [0.05, 0.1) is 5.08 Å². The predicted octanol–water partition coefficient (Wildman–Crippen LogP) is 5.23. The van der Waals surface area contributed by atoms with Crippen molar-refractivity contribution in [3.63, 3.8) is 0 Å². The van der Waals surface area contributed by atoms with Gasteiger partial charge in [-0.2, -0.15) is 0 Å². The Kier molecular flexibility index (Phi) is 13.8. The zero-order valence-electron chi connectivity index (χ0n) is 4.31. The normalized spacial score (nSPS) is 21.6. The zero-order chi connectivity index (χ0) is 6.36. The van der Waals surface area contributed by atoms with Gasteiger partial charge in [-0.05, 0) is 59.0 Å². The molecular formula is CH2CoS8. The van der Waals surface area contributed by atoms with Gasteiger partial charge in [0.1, 0.15) is 0 Å². The maximum atomic E-state index is 1.92. The van der Waals surface area contributed by atoms with Crippen molar-refractivity contribution in [1.29, 1.82) is 0 Å². The van der Waals surface area contributed by atoms with Gasteiger partial charge in [-0.1, -0.05) is 21.6 Å². The molecule has 0 N–H and O–H groups in total. The molecule has 1 aliphatic rings. The van der Waals surface area contributed by atoms with Crippen molar-refractivity contribution in [2.75, 3.05) is 5.08 Å². The number of rotatable bonds is 0. The molecule has 0 aromatic rings. The second kappa shape index (κ2) is 10.4. The monoisotopic (exact) mass is 329 g/mol. The van der Waals surface area contributed by atoms with E-state index >= 15 is 0 Å². The van der Waals surface area contributed by atoms with Crippen molar-refractivity contribution in [3.05, 3.63) is 0 Å². The average Bonchev–Trinajstić information content (AvgIpc) is 2.00. The first kappa shape index (κ1) is 13.3. The van der Waals surface area contributed by atoms with Crippen molar-refractivity contribution in [2.24, 2.45) is 0 Å². The van der Waals surface area contributed by atoms with Crippen molar-refractivity contribution in [2.45, 2.75) is 0 Å². The van der Waals surface area contributed by atoms with Gasteiger partial charge < -0.3 is 0 Å². The van der Waals surface area contributed by atoms with Gasteiger partial charge in [-0.15, -0.1) is 0 Å². The summed E-state index contributed by atoms with van der Waals surface area (Å²) in [6, 6.07) is 0. The van der Waals surface area contributed by atoms with Crippen LogP contribution in [0.3, 0.4) is 0 Å². The topological polar surface area (TPSA) is 0 Å². The molecule has 0 atom stereocenters. The number of hydrogen-bond acceptors (Lipinski definition) is 8. The van der Waals surface area contributed by atoms with Gasteiger partial charge in [-0.3, -0.25) is 0 Å². The van der Waals surface area contributed by atoms with Crippen LogP contribution in [0.15, 0.2) is 0 Å². The molecule has 0 saturated carbocycles. The van der Waals surface area contributed by atoms with E-state index < -0.39 is 0 Å². The summed E-state index contributed by atoms with van der Waals surface area (Å²) in [5, 5.41) is 1.19. The van der Waals surface area contributed by atoms with Crippen LogP contribution < -0.4 is 0 Å². The van der Waals surface area contributed by atoms with E-state index in [2.05, 4.69) is 0 Å². The fourth-order valence-corrected chi connectivity index (χ4v) is 19.0. The summed E-state index contributed by atoms with van der Waals surface area (Å²) in [5.41, 5.74) is 0. The second-order valence-electron chi connectivity index (χ2n) is 0.762. The fourth-order valence-electron chi connectivity index (χ4n) is 0.144. The van der Waals surface area contributed by atoms with E-state index in [4.69, 9.17) is 0 Å². The zero-order valence-corrected chi connectivity index (χ0v) is 11.9. The predicted molar refractivity (Wildman–Crippen MR) is 65.6 cm³/mol. The molecule has 1 fully saturated rings. The van der Waals surface area contributed by atoms with Crippen molar-refractivity contribution < 1.29 is 16.8 Å². The third kappa shape index (κ3) is 7.93. The third-order valence-corrected chi connectivity index (χ3v) is 16.4. The maximum absolute atomic E-state index is 1.92. The molecular weight excluding hydrogens is 327 g/mol. The Hall–Kier alpha value is 3.31. The molecule has 0 aliphatic carbocycles. The summed E-state index contributed by atoms with van der Waals surface area (Å²) < 4.78 is 0. The molecule has 0 bridgehead atoms. The van der Waals surface area contributed by atoms with Crippen molar-refractivity contribution in [3.8, 4) is 0 Å². The van der Waals surface area contributed by atoms with E-state index in [0.717, 1.165) is 0 Å². The van der Waals surface area contributed by atoms with Crippen LogP contribution in [0.25, 0.3) is 0 Å².